The number of carbonyl (C=O) groups is 1. The largest absolute Gasteiger partial charge is 0.364 e. The molecule has 2 aromatic heterocycles. The fourth-order valence-electron chi connectivity index (χ4n) is 3.57. The molecule has 0 aliphatic heterocycles. The Morgan fingerprint density at radius 3 is 2.61 bits per heavy atom. The van der Waals surface area contributed by atoms with Crippen LogP contribution in [0.3, 0.4) is 0 Å². The van der Waals surface area contributed by atoms with Gasteiger partial charge in [-0.25, -0.2) is 9.37 Å². The summed E-state index contributed by atoms with van der Waals surface area (Å²) in [5, 5.41) is 1.73. The molecule has 0 saturated carbocycles. The maximum atomic E-state index is 13.3. The van der Waals surface area contributed by atoms with Gasteiger partial charge in [0.15, 0.2) is 0 Å². The van der Waals surface area contributed by atoms with Crippen molar-refractivity contribution in [1.29, 1.82) is 0 Å². The van der Waals surface area contributed by atoms with E-state index in [2.05, 4.69) is 22.1 Å². The van der Waals surface area contributed by atoms with E-state index < -0.39 is 5.91 Å². The van der Waals surface area contributed by atoms with E-state index in [0.717, 1.165) is 41.0 Å². The van der Waals surface area contributed by atoms with E-state index in [1.54, 1.807) is 30.6 Å². The summed E-state index contributed by atoms with van der Waals surface area (Å²) < 4.78 is 13.3. The molecule has 1 aromatic carbocycles. The SMILES string of the molecule is NC(=O)c1cc(-c2ccc(F)cc2)c2c(n1)=CC(CCc1ccncc1)CC=2. The molecule has 5 heteroatoms. The van der Waals surface area contributed by atoms with Crippen LogP contribution < -0.4 is 16.3 Å². The normalized spacial score (nSPS) is 15.2. The topological polar surface area (TPSA) is 68.9 Å². The van der Waals surface area contributed by atoms with Crippen molar-refractivity contribution in [2.24, 2.45) is 11.7 Å². The average molecular weight is 373 g/mol. The Balaban J connectivity index is 1.71. The van der Waals surface area contributed by atoms with E-state index in [9.17, 15) is 9.18 Å². The lowest BCUT2D eigenvalue weighted by atomic mass is 9.91. The molecule has 3 aromatic rings. The Hall–Kier alpha value is -3.34. The number of hydrogen-bond acceptors (Lipinski definition) is 3. The van der Waals surface area contributed by atoms with Crippen molar-refractivity contribution < 1.29 is 9.18 Å². The third-order valence-electron chi connectivity index (χ3n) is 5.07. The number of amides is 1. The van der Waals surface area contributed by atoms with Gasteiger partial charge in [0.25, 0.3) is 5.91 Å². The predicted molar refractivity (Wildman–Crippen MR) is 107 cm³/mol. The lowest BCUT2D eigenvalue weighted by molar-refractivity contribution is 0.0995. The number of nitrogens with zero attached hydrogens (tertiary/aromatic N) is 2. The predicted octanol–water partition coefficient (Wildman–Crippen LogP) is 2.60. The maximum Gasteiger partial charge on any atom is 0.267 e. The minimum Gasteiger partial charge on any atom is -0.364 e. The van der Waals surface area contributed by atoms with Crippen LogP contribution in [0.4, 0.5) is 4.39 Å². The Kier molecular flexibility index (Phi) is 4.98. The molecule has 1 amide bonds. The number of aryl methyl sites for hydroxylation is 1. The Morgan fingerprint density at radius 1 is 1.14 bits per heavy atom. The molecule has 4 rings (SSSR count). The molecular formula is C23H20FN3O. The number of nitrogens with two attached hydrogens (primary N) is 1. The Morgan fingerprint density at radius 2 is 1.89 bits per heavy atom. The summed E-state index contributed by atoms with van der Waals surface area (Å²) in [6.07, 6.45) is 10.7. The summed E-state index contributed by atoms with van der Waals surface area (Å²) >= 11 is 0. The van der Waals surface area contributed by atoms with E-state index in [4.69, 9.17) is 5.73 Å². The highest BCUT2D eigenvalue weighted by molar-refractivity contribution is 5.92. The Bertz CT molecular complexity index is 1130. The number of fused-ring (bicyclic) bond motifs is 1. The Labute approximate surface area is 162 Å². The lowest BCUT2D eigenvalue weighted by Gasteiger charge is -2.16. The average Bonchev–Trinajstić information content (AvgIpc) is 2.72. The monoisotopic (exact) mass is 373 g/mol. The van der Waals surface area contributed by atoms with E-state index >= 15 is 0 Å². The molecule has 2 heterocycles. The molecule has 2 N–H and O–H groups in total. The zero-order valence-electron chi connectivity index (χ0n) is 15.3. The third-order valence-corrected chi connectivity index (χ3v) is 5.07. The zero-order chi connectivity index (χ0) is 19.5. The third kappa shape index (κ3) is 3.83. The van der Waals surface area contributed by atoms with Crippen molar-refractivity contribution in [2.45, 2.75) is 19.3 Å². The number of carbonyl (C=O) groups excluding carboxylic acids is 1. The van der Waals surface area contributed by atoms with Crippen molar-refractivity contribution in [3.05, 3.63) is 82.5 Å². The molecule has 0 fully saturated rings. The molecule has 0 spiro atoms. The molecule has 28 heavy (non-hydrogen) atoms. The molecule has 0 radical (unpaired) electrons. The van der Waals surface area contributed by atoms with Crippen LogP contribution in [0.2, 0.25) is 0 Å². The zero-order valence-corrected chi connectivity index (χ0v) is 15.3. The van der Waals surface area contributed by atoms with Gasteiger partial charge >= 0.3 is 0 Å². The smallest absolute Gasteiger partial charge is 0.267 e. The molecule has 4 nitrogen and oxygen atoms in total. The summed E-state index contributed by atoms with van der Waals surface area (Å²) in [4.78, 5) is 20.3. The summed E-state index contributed by atoms with van der Waals surface area (Å²) in [7, 11) is 0. The minimum absolute atomic E-state index is 0.220. The van der Waals surface area contributed by atoms with Crippen molar-refractivity contribution in [3.63, 3.8) is 0 Å². The fraction of sp³-hybridized carbons (Fsp3) is 0.174. The first kappa shape index (κ1) is 18.0. The van der Waals surface area contributed by atoms with Crippen molar-refractivity contribution in [2.75, 3.05) is 0 Å². The molecule has 1 aliphatic carbocycles. The molecule has 140 valence electrons. The number of halogens is 1. The van der Waals surface area contributed by atoms with Crippen LogP contribution in [0.25, 0.3) is 23.3 Å². The van der Waals surface area contributed by atoms with Gasteiger partial charge in [0.2, 0.25) is 0 Å². The number of hydrogen-bond donors (Lipinski definition) is 1. The van der Waals surface area contributed by atoms with Gasteiger partial charge in [-0.2, -0.15) is 0 Å². The molecule has 0 saturated heterocycles. The minimum atomic E-state index is -0.571. The molecular weight excluding hydrogens is 353 g/mol. The molecule has 1 unspecified atom stereocenters. The van der Waals surface area contributed by atoms with E-state index in [0.29, 0.717) is 5.92 Å². The highest BCUT2D eigenvalue weighted by Gasteiger charge is 2.14. The van der Waals surface area contributed by atoms with Crippen LogP contribution >= 0.6 is 0 Å². The molecule has 1 atom stereocenters. The maximum absolute atomic E-state index is 13.3. The summed E-state index contributed by atoms with van der Waals surface area (Å²) in [6, 6.07) is 12.0. The standard InChI is InChI=1S/C23H20FN3O/c24-18-6-4-17(5-7-18)20-14-22(23(25)28)27-21-13-16(3-8-19(20)21)2-1-15-9-11-26-12-10-15/h4-14,16H,1-3H2,(H2,25,28). The van der Waals surface area contributed by atoms with Gasteiger partial charge in [0, 0.05) is 17.6 Å². The first-order valence-electron chi connectivity index (χ1n) is 9.28. The highest BCUT2D eigenvalue weighted by Crippen LogP contribution is 2.20. The summed E-state index contributed by atoms with van der Waals surface area (Å²) in [5.74, 6) is -0.538. The van der Waals surface area contributed by atoms with Crippen LogP contribution in [0.1, 0.15) is 28.9 Å². The van der Waals surface area contributed by atoms with Crippen LogP contribution in [0.5, 0.6) is 0 Å². The summed E-state index contributed by atoms with van der Waals surface area (Å²) in [6.45, 7) is 0. The fourth-order valence-corrected chi connectivity index (χ4v) is 3.57. The number of pyridine rings is 2. The van der Waals surface area contributed by atoms with E-state index in [1.807, 2.05) is 12.1 Å². The van der Waals surface area contributed by atoms with Gasteiger partial charge < -0.3 is 5.73 Å². The van der Waals surface area contributed by atoms with Gasteiger partial charge in [-0.3, -0.25) is 9.78 Å². The van der Waals surface area contributed by atoms with E-state index in [1.165, 1.54) is 17.7 Å². The second-order valence-electron chi connectivity index (χ2n) is 6.99. The highest BCUT2D eigenvalue weighted by atomic mass is 19.1. The molecule has 1 aliphatic rings. The van der Waals surface area contributed by atoms with Crippen LogP contribution in [-0.2, 0) is 6.42 Å². The van der Waals surface area contributed by atoms with E-state index in [-0.39, 0.29) is 11.5 Å². The van der Waals surface area contributed by atoms with Gasteiger partial charge in [0.1, 0.15) is 11.5 Å². The number of aromatic nitrogens is 2. The number of rotatable bonds is 5. The number of benzene rings is 1. The van der Waals surface area contributed by atoms with Gasteiger partial charge in [0.05, 0.1) is 5.35 Å². The van der Waals surface area contributed by atoms with Gasteiger partial charge in [-0.05, 0) is 72.2 Å². The van der Waals surface area contributed by atoms with Crippen molar-refractivity contribution in [3.8, 4) is 11.1 Å². The quantitative estimate of drug-likeness (QED) is 0.747. The molecule has 0 bridgehead atoms. The van der Waals surface area contributed by atoms with Crippen molar-refractivity contribution >= 4 is 18.1 Å². The first-order chi connectivity index (χ1) is 13.6. The second-order valence-corrected chi connectivity index (χ2v) is 6.99. The van der Waals surface area contributed by atoms with Gasteiger partial charge in [-0.15, -0.1) is 0 Å². The van der Waals surface area contributed by atoms with Crippen molar-refractivity contribution in [1.82, 2.24) is 9.97 Å². The van der Waals surface area contributed by atoms with Crippen LogP contribution in [-0.4, -0.2) is 15.9 Å². The second kappa shape index (κ2) is 7.72. The summed E-state index contributed by atoms with van der Waals surface area (Å²) in [5.41, 5.74) is 8.65. The van der Waals surface area contributed by atoms with Crippen LogP contribution in [0.15, 0.2) is 54.9 Å². The first-order valence-corrected chi connectivity index (χ1v) is 9.28. The van der Waals surface area contributed by atoms with Gasteiger partial charge in [-0.1, -0.05) is 24.3 Å². The lowest BCUT2D eigenvalue weighted by Crippen LogP contribution is -2.36. The van der Waals surface area contributed by atoms with Crippen LogP contribution in [0, 0.1) is 11.7 Å². The number of primary amides is 1.